The van der Waals surface area contributed by atoms with E-state index in [-0.39, 0.29) is 5.41 Å². The van der Waals surface area contributed by atoms with E-state index in [1.807, 2.05) is 0 Å². The van der Waals surface area contributed by atoms with Crippen LogP contribution in [0.15, 0.2) is 6.07 Å². The molecule has 0 radical (unpaired) electrons. The van der Waals surface area contributed by atoms with E-state index < -0.39 is 0 Å². The van der Waals surface area contributed by atoms with E-state index in [2.05, 4.69) is 38.7 Å². The van der Waals surface area contributed by atoms with Gasteiger partial charge in [0, 0.05) is 17.2 Å². The van der Waals surface area contributed by atoms with E-state index in [0.29, 0.717) is 0 Å². The molecular weight excluding hydrogens is 222 g/mol. The number of aromatic nitrogens is 1. The molecule has 0 saturated heterocycles. The monoisotopic (exact) mass is 251 g/mol. The predicted octanol–water partition coefficient (Wildman–Crippen LogP) is 4.97. The fourth-order valence-electron chi connectivity index (χ4n) is 2.86. The van der Waals surface area contributed by atoms with E-state index in [1.54, 1.807) is 7.11 Å². The van der Waals surface area contributed by atoms with Crippen molar-refractivity contribution in [1.82, 2.24) is 4.98 Å². The summed E-state index contributed by atoms with van der Waals surface area (Å²) < 4.78 is 5.53. The van der Waals surface area contributed by atoms with Gasteiger partial charge in [0.05, 0.1) is 12.8 Å². The number of H-pyrrole nitrogens is 1. The molecule has 1 N–H and O–H groups in total. The van der Waals surface area contributed by atoms with Crippen LogP contribution in [0.4, 0.5) is 0 Å². The Bertz CT molecular complexity index is 356. The van der Waals surface area contributed by atoms with Crippen LogP contribution < -0.4 is 4.74 Å². The van der Waals surface area contributed by atoms with Crippen molar-refractivity contribution in [3.05, 3.63) is 17.5 Å². The van der Waals surface area contributed by atoms with Gasteiger partial charge in [-0.3, -0.25) is 0 Å². The second-order valence-electron chi connectivity index (χ2n) is 5.66. The lowest BCUT2D eigenvalue weighted by Gasteiger charge is -2.29. The van der Waals surface area contributed by atoms with Crippen LogP contribution in [0.2, 0.25) is 0 Å². The average molecular weight is 251 g/mol. The highest BCUT2D eigenvalue weighted by Crippen LogP contribution is 2.39. The van der Waals surface area contributed by atoms with Gasteiger partial charge in [0.1, 0.15) is 5.75 Å². The Labute approximate surface area is 112 Å². The second-order valence-corrected chi connectivity index (χ2v) is 5.66. The molecule has 0 aliphatic rings. The first-order chi connectivity index (χ1) is 8.57. The summed E-state index contributed by atoms with van der Waals surface area (Å²) in [6, 6.07) is 2.11. The molecule has 0 fully saturated rings. The second kappa shape index (κ2) is 6.86. The van der Waals surface area contributed by atoms with E-state index in [1.165, 1.54) is 49.9 Å². The molecule has 0 saturated carbocycles. The minimum absolute atomic E-state index is 0.226. The summed E-state index contributed by atoms with van der Waals surface area (Å²) in [5.74, 6) is 1.03. The van der Waals surface area contributed by atoms with Gasteiger partial charge in [-0.15, -0.1) is 0 Å². The standard InChI is InChI=1S/C16H29NO/c1-6-8-9-11-16(4,10-7-2)15-14(18-5)12-13(3)17-15/h12,17H,6-11H2,1-5H3. The topological polar surface area (TPSA) is 25.0 Å². The Hall–Kier alpha value is -0.920. The Morgan fingerprint density at radius 1 is 1.17 bits per heavy atom. The maximum absolute atomic E-state index is 5.53. The smallest absolute Gasteiger partial charge is 0.140 e. The van der Waals surface area contributed by atoms with Crippen LogP contribution in [0.5, 0.6) is 5.75 Å². The molecule has 104 valence electrons. The zero-order chi connectivity index (χ0) is 13.6. The van der Waals surface area contributed by atoms with Crippen molar-refractivity contribution in [2.24, 2.45) is 0 Å². The summed E-state index contributed by atoms with van der Waals surface area (Å²) >= 11 is 0. The molecule has 0 aliphatic carbocycles. The third kappa shape index (κ3) is 3.54. The molecule has 1 heterocycles. The lowest BCUT2D eigenvalue weighted by Crippen LogP contribution is -2.23. The van der Waals surface area contributed by atoms with Gasteiger partial charge in [-0.05, 0) is 19.8 Å². The lowest BCUT2D eigenvalue weighted by atomic mass is 9.77. The number of aromatic amines is 1. The van der Waals surface area contributed by atoms with Crippen molar-refractivity contribution in [2.75, 3.05) is 7.11 Å². The lowest BCUT2D eigenvalue weighted by molar-refractivity contribution is 0.341. The quantitative estimate of drug-likeness (QED) is 0.648. The molecule has 18 heavy (non-hydrogen) atoms. The Kier molecular flexibility index (Phi) is 5.77. The molecule has 0 spiro atoms. The maximum Gasteiger partial charge on any atom is 0.140 e. The predicted molar refractivity (Wildman–Crippen MR) is 78.5 cm³/mol. The highest BCUT2D eigenvalue weighted by Gasteiger charge is 2.30. The van der Waals surface area contributed by atoms with Crippen LogP contribution in [-0.4, -0.2) is 12.1 Å². The molecule has 0 aliphatic heterocycles. The van der Waals surface area contributed by atoms with Gasteiger partial charge < -0.3 is 9.72 Å². The van der Waals surface area contributed by atoms with Gasteiger partial charge >= 0.3 is 0 Å². The fourth-order valence-corrected chi connectivity index (χ4v) is 2.86. The van der Waals surface area contributed by atoms with Gasteiger partial charge in [-0.1, -0.05) is 46.5 Å². The molecule has 1 unspecified atom stereocenters. The molecule has 1 aromatic heterocycles. The van der Waals surface area contributed by atoms with Gasteiger partial charge in [0.15, 0.2) is 0 Å². The molecule has 0 bridgehead atoms. The fraction of sp³-hybridized carbons (Fsp3) is 0.750. The summed E-state index contributed by atoms with van der Waals surface area (Å²) in [6.07, 6.45) is 7.57. The van der Waals surface area contributed by atoms with Crippen LogP contribution in [0.25, 0.3) is 0 Å². The van der Waals surface area contributed by atoms with E-state index >= 15 is 0 Å². The number of unbranched alkanes of at least 4 members (excludes halogenated alkanes) is 2. The molecule has 1 aromatic rings. The van der Waals surface area contributed by atoms with Crippen molar-refractivity contribution >= 4 is 0 Å². The van der Waals surface area contributed by atoms with Crippen LogP contribution in [-0.2, 0) is 5.41 Å². The molecule has 0 aromatic carbocycles. The first-order valence-corrected chi connectivity index (χ1v) is 7.31. The molecule has 2 nitrogen and oxygen atoms in total. The van der Waals surface area contributed by atoms with Crippen molar-refractivity contribution in [3.63, 3.8) is 0 Å². The highest BCUT2D eigenvalue weighted by molar-refractivity contribution is 5.37. The summed E-state index contributed by atoms with van der Waals surface area (Å²) in [6.45, 7) is 9.00. The summed E-state index contributed by atoms with van der Waals surface area (Å²) in [5, 5.41) is 0. The largest absolute Gasteiger partial charge is 0.495 e. The number of nitrogens with one attached hydrogen (secondary N) is 1. The zero-order valence-electron chi connectivity index (χ0n) is 12.7. The van der Waals surface area contributed by atoms with Crippen LogP contribution in [0.1, 0.15) is 70.7 Å². The number of hydrogen-bond donors (Lipinski definition) is 1. The van der Waals surface area contributed by atoms with Gasteiger partial charge in [-0.2, -0.15) is 0 Å². The van der Waals surface area contributed by atoms with Crippen LogP contribution >= 0.6 is 0 Å². The van der Waals surface area contributed by atoms with Crippen molar-refractivity contribution < 1.29 is 4.74 Å². The third-order valence-corrected chi connectivity index (χ3v) is 3.87. The number of methoxy groups -OCH3 is 1. The Morgan fingerprint density at radius 2 is 1.89 bits per heavy atom. The SMILES string of the molecule is CCCCCC(C)(CCC)c1[nH]c(C)cc1OC. The number of ether oxygens (including phenoxy) is 1. The molecule has 1 atom stereocenters. The van der Waals surface area contributed by atoms with Crippen molar-refractivity contribution in [3.8, 4) is 5.75 Å². The minimum atomic E-state index is 0.226. The summed E-state index contributed by atoms with van der Waals surface area (Å²) in [5.41, 5.74) is 2.71. The first-order valence-electron chi connectivity index (χ1n) is 7.31. The summed E-state index contributed by atoms with van der Waals surface area (Å²) in [4.78, 5) is 3.52. The van der Waals surface area contributed by atoms with Crippen LogP contribution in [0.3, 0.4) is 0 Å². The maximum atomic E-state index is 5.53. The Morgan fingerprint density at radius 3 is 2.44 bits per heavy atom. The number of hydrogen-bond acceptors (Lipinski definition) is 1. The number of rotatable bonds is 8. The zero-order valence-corrected chi connectivity index (χ0v) is 12.7. The molecule has 1 rings (SSSR count). The van der Waals surface area contributed by atoms with E-state index in [9.17, 15) is 0 Å². The van der Waals surface area contributed by atoms with Gasteiger partial charge in [-0.25, -0.2) is 0 Å². The van der Waals surface area contributed by atoms with E-state index in [0.717, 1.165) is 5.75 Å². The average Bonchev–Trinajstić information content (AvgIpc) is 2.72. The van der Waals surface area contributed by atoms with Crippen LogP contribution in [0, 0.1) is 6.92 Å². The third-order valence-electron chi connectivity index (χ3n) is 3.87. The molecule has 0 amide bonds. The highest BCUT2D eigenvalue weighted by atomic mass is 16.5. The van der Waals surface area contributed by atoms with Gasteiger partial charge in [0.25, 0.3) is 0 Å². The molecule has 2 heteroatoms. The van der Waals surface area contributed by atoms with Crippen molar-refractivity contribution in [2.45, 2.75) is 71.6 Å². The normalized spacial score (nSPS) is 14.5. The van der Waals surface area contributed by atoms with Gasteiger partial charge in [0.2, 0.25) is 0 Å². The minimum Gasteiger partial charge on any atom is -0.495 e. The summed E-state index contributed by atoms with van der Waals surface area (Å²) in [7, 11) is 1.77. The molecular formula is C16H29NO. The van der Waals surface area contributed by atoms with E-state index in [4.69, 9.17) is 4.74 Å². The number of aryl methyl sites for hydroxylation is 1. The van der Waals surface area contributed by atoms with Crippen molar-refractivity contribution in [1.29, 1.82) is 0 Å². The Balaban J connectivity index is 2.93. The first kappa shape index (κ1) is 15.1.